The van der Waals surface area contributed by atoms with Gasteiger partial charge in [0.15, 0.2) is 5.84 Å². The predicted molar refractivity (Wildman–Crippen MR) is 244 cm³/mol. The number of para-hydroxylation sites is 2. The molecule has 268 valence electrons. The minimum absolute atomic E-state index is 0.282. The molecule has 0 aliphatic carbocycles. The molecule has 1 aliphatic rings. The SMILES string of the molecule is c1ccc(C2=NC(c3ccc4sc5c(-c6cccc7c6sc6cc(-n8c9ccccc9c9ccccc98)ccc67)cccc5c4c3)NC(c3ccccc3)=N2)cc1. The fraction of sp³-hybridized carbons (Fsp3) is 0.0196. The van der Waals surface area contributed by atoms with E-state index in [0.717, 1.165) is 28.4 Å². The molecule has 1 atom stereocenters. The van der Waals surface area contributed by atoms with Crippen LogP contribution in [0.2, 0.25) is 0 Å². The molecule has 4 heterocycles. The summed E-state index contributed by atoms with van der Waals surface area (Å²) in [6.07, 6.45) is -0.282. The van der Waals surface area contributed by atoms with Crippen molar-refractivity contribution in [3.63, 3.8) is 0 Å². The lowest BCUT2D eigenvalue weighted by Gasteiger charge is -2.23. The van der Waals surface area contributed by atoms with E-state index >= 15 is 0 Å². The van der Waals surface area contributed by atoms with Gasteiger partial charge >= 0.3 is 0 Å². The summed E-state index contributed by atoms with van der Waals surface area (Å²) < 4.78 is 7.59. The van der Waals surface area contributed by atoms with Gasteiger partial charge in [0.1, 0.15) is 12.0 Å². The van der Waals surface area contributed by atoms with Gasteiger partial charge in [-0.25, -0.2) is 9.98 Å². The number of rotatable bonds is 5. The second kappa shape index (κ2) is 12.8. The highest BCUT2D eigenvalue weighted by Gasteiger charge is 2.23. The van der Waals surface area contributed by atoms with E-state index in [1.807, 2.05) is 59.1 Å². The van der Waals surface area contributed by atoms with Gasteiger partial charge in [-0.2, -0.15) is 0 Å². The molecule has 4 nitrogen and oxygen atoms in total. The Balaban J connectivity index is 0.971. The standard InChI is InChI=1S/C51H32N4S2/c1-3-13-31(14-4-1)49-52-50(32-15-5-2-6-16-32)54-51(53-49)33-25-28-45-42(29-33)41-22-12-21-40(48(41)56-45)39-20-11-19-38-37-27-26-34(30-46(37)57-47(38)39)55-43-23-9-7-17-35(43)36-18-8-10-24-44(36)55/h1-30,51H,(H,52,53,54). The van der Waals surface area contributed by atoms with Crippen LogP contribution in [0.15, 0.2) is 192 Å². The Bertz CT molecular complexity index is 3390. The first-order chi connectivity index (χ1) is 28.2. The van der Waals surface area contributed by atoms with Crippen molar-refractivity contribution in [1.82, 2.24) is 9.88 Å². The van der Waals surface area contributed by atoms with Gasteiger partial charge in [0.2, 0.25) is 0 Å². The molecule has 6 heteroatoms. The lowest BCUT2D eigenvalue weighted by molar-refractivity contribution is 0.675. The van der Waals surface area contributed by atoms with Crippen molar-refractivity contribution in [2.45, 2.75) is 6.17 Å². The molecule has 12 rings (SSSR count). The monoisotopic (exact) mass is 764 g/mol. The normalized spacial score (nSPS) is 14.5. The van der Waals surface area contributed by atoms with Gasteiger partial charge in [-0.1, -0.05) is 146 Å². The maximum atomic E-state index is 5.16. The number of hydrogen-bond acceptors (Lipinski definition) is 5. The Morgan fingerprint density at radius 3 is 1.75 bits per heavy atom. The lowest BCUT2D eigenvalue weighted by Crippen LogP contribution is -2.33. The number of amidine groups is 2. The molecule has 8 aromatic carbocycles. The predicted octanol–water partition coefficient (Wildman–Crippen LogP) is 13.7. The molecular weight excluding hydrogens is 733 g/mol. The summed E-state index contributed by atoms with van der Waals surface area (Å²) in [5, 5.41) is 11.3. The molecule has 1 N–H and O–H groups in total. The Hall–Kier alpha value is -6.86. The molecule has 0 fully saturated rings. The van der Waals surface area contributed by atoms with Crippen molar-refractivity contribution in [3.05, 3.63) is 199 Å². The molecular formula is C51H32N4S2. The number of benzene rings is 8. The highest BCUT2D eigenvalue weighted by atomic mass is 32.1. The Morgan fingerprint density at radius 1 is 0.456 bits per heavy atom. The van der Waals surface area contributed by atoms with Crippen LogP contribution >= 0.6 is 22.7 Å². The molecule has 0 saturated heterocycles. The summed E-state index contributed by atoms with van der Waals surface area (Å²) in [4.78, 5) is 10.1. The fourth-order valence-electron chi connectivity index (χ4n) is 8.62. The van der Waals surface area contributed by atoms with Gasteiger partial charge in [-0.3, -0.25) is 0 Å². The van der Waals surface area contributed by atoms with Gasteiger partial charge in [0, 0.05) is 79.1 Å². The van der Waals surface area contributed by atoms with E-state index in [1.165, 1.54) is 79.0 Å². The summed E-state index contributed by atoms with van der Waals surface area (Å²) >= 11 is 3.77. The zero-order valence-corrected chi connectivity index (χ0v) is 32.2. The second-order valence-electron chi connectivity index (χ2n) is 14.6. The first-order valence-corrected chi connectivity index (χ1v) is 20.8. The number of nitrogens with one attached hydrogen (secondary N) is 1. The molecule has 0 radical (unpaired) electrons. The highest BCUT2D eigenvalue weighted by Crippen LogP contribution is 2.46. The van der Waals surface area contributed by atoms with Crippen LogP contribution in [0, 0.1) is 0 Å². The van der Waals surface area contributed by atoms with Crippen LogP contribution in [0.1, 0.15) is 22.9 Å². The van der Waals surface area contributed by atoms with Crippen LogP contribution in [0.4, 0.5) is 0 Å². The number of aromatic nitrogens is 1. The molecule has 0 saturated carbocycles. The maximum Gasteiger partial charge on any atom is 0.159 e. The first-order valence-electron chi connectivity index (χ1n) is 19.2. The Labute approximate surface area is 336 Å². The van der Waals surface area contributed by atoms with Crippen molar-refractivity contribution >= 4 is 96.5 Å². The number of hydrogen-bond donors (Lipinski definition) is 1. The van der Waals surface area contributed by atoms with E-state index in [4.69, 9.17) is 9.98 Å². The average Bonchev–Trinajstić information content (AvgIpc) is 3.96. The van der Waals surface area contributed by atoms with Crippen molar-refractivity contribution in [2.24, 2.45) is 9.98 Å². The Morgan fingerprint density at radius 2 is 1.05 bits per heavy atom. The summed E-state index contributed by atoms with van der Waals surface area (Å²) in [5.74, 6) is 1.56. The first kappa shape index (κ1) is 32.4. The fourth-order valence-corrected chi connectivity index (χ4v) is 11.1. The van der Waals surface area contributed by atoms with E-state index < -0.39 is 0 Å². The van der Waals surface area contributed by atoms with Crippen molar-refractivity contribution in [3.8, 4) is 16.8 Å². The van der Waals surface area contributed by atoms with Crippen LogP contribution in [0.3, 0.4) is 0 Å². The van der Waals surface area contributed by atoms with Crippen LogP contribution in [0.5, 0.6) is 0 Å². The zero-order chi connectivity index (χ0) is 37.5. The smallest absolute Gasteiger partial charge is 0.159 e. The van der Waals surface area contributed by atoms with Crippen molar-refractivity contribution in [2.75, 3.05) is 0 Å². The number of nitrogens with zero attached hydrogens (tertiary/aromatic N) is 3. The van der Waals surface area contributed by atoms with Gasteiger partial charge in [0.25, 0.3) is 0 Å². The molecule has 1 unspecified atom stereocenters. The van der Waals surface area contributed by atoms with E-state index in [-0.39, 0.29) is 6.17 Å². The van der Waals surface area contributed by atoms with E-state index in [9.17, 15) is 0 Å². The topological polar surface area (TPSA) is 41.7 Å². The maximum absolute atomic E-state index is 5.16. The molecule has 0 bridgehead atoms. The largest absolute Gasteiger partial charge is 0.344 e. The Kier molecular flexibility index (Phi) is 7.30. The average molecular weight is 765 g/mol. The van der Waals surface area contributed by atoms with E-state index in [2.05, 4.69) is 155 Å². The quantitative estimate of drug-likeness (QED) is 0.186. The van der Waals surface area contributed by atoms with Crippen LogP contribution in [0.25, 0.3) is 79.0 Å². The third-order valence-electron chi connectivity index (χ3n) is 11.3. The summed E-state index contributed by atoms with van der Waals surface area (Å²) in [6.45, 7) is 0. The number of aliphatic imine (C=N–C) groups is 2. The summed E-state index contributed by atoms with van der Waals surface area (Å²) in [5.41, 5.74) is 9.34. The van der Waals surface area contributed by atoms with Crippen LogP contribution < -0.4 is 5.32 Å². The van der Waals surface area contributed by atoms with Crippen molar-refractivity contribution < 1.29 is 0 Å². The molecule has 57 heavy (non-hydrogen) atoms. The number of thiophene rings is 2. The number of fused-ring (bicyclic) bond motifs is 9. The van der Waals surface area contributed by atoms with Gasteiger partial charge in [0.05, 0.1) is 11.0 Å². The third kappa shape index (κ3) is 5.18. The second-order valence-corrected chi connectivity index (χ2v) is 16.7. The van der Waals surface area contributed by atoms with Gasteiger partial charge in [-0.15, -0.1) is 22.7 Å². The third-order valence-corrected chi connectivity index (χ3v) is 13.7. The van der Waals surface area contributed by atoms with Crippen LogP contribution in [-0.4, -0.2) is 16.2 Å². The molecule has 11 aromatic rings. The zero-order valence-electron chi connectivity index (χ0n) is 30.6. The molecule has 0 spiro atoms. The minimum Gasteiger partial charge on any atom is -0.344 e. The minimum atomic E-state index is -0.282. The van der Waals surface area contributed by atoms with Gasteiger partial charge in [-0.05, 0) is 42.0 Å². The highest BCUT2D eigenvalue weighted by molar-refractivity contribution is 7.27. The van der Waals surface area contributed by atoms with Crippen LogP contribution in [-0.2, 0) is 0 Å². The van der Waals surface area contributed by atoms with Crippen molar-refractivity contribution in [1.29, 1.82) is 0 Å². The van der Waals surface area contributed by atoms with Gasteiger partial charge < -0.3 is 9.88 Å². The summed E-state index contributed by atoms with van der Waals surface area (Å²) in [6, 6.07) is 65.4. The lowest BCUT2D eigenvalue weighted by atomic mass is 10.00. The summed E-state index contributed by atoms with van der Waals surface area (Å²) in [7, 11) is 0. The molecule has 1 aliphatic heterocycles. The van der Waals surface area contributed by atoms with E-state index in [0.29, 0.717) is 0 Å². The molecule has 3 aromatic heterocycles. The molecule has 0 amide bonds. The van der Waals surface area contributed by atoms with E-state index in [1.54, 1.807) is 0 Å².